The maximum absolute atomic E-state index is 13.2. The summed E-state index contributed by atoms with van der Waals surface area (Å²) in [6.07, 6.45) is 0. The summed E-state index contributed by atoms with van der Waals surface area (Å²) in [5, 5.41) is 5.37. The number of ketones is 1. The predicted octanol–water partition coefficient (Wildman–Crippen LogP) is 7.01. The first-order valence-electron chi connectivity index (χ1n) is 11.8. The molecule has 0 saturated heterocycles. The van der Waals surface area contributed by atoms with Crippen molar-refractivity contribution >= 4 is 22.4 Å². The summed E-state index contributed by atoms with van der Waals surface area (Å²) in [6.45, 7) is 13.7. The highest BCUT2D eigenvalue weighted by Crippen LogP contribution is 2.43. The van der Waals surface area contributed by atoms with Crippen LogP contribution in [0.4, 0.5) is 5.69 Å². The van der Waals surface area contributed by atoms with E-state index in [9.17, 15) is 4.79 Å². The second kappa shape index (κ2) is 9.22. The Hall–Kier alpha value is -3.40. The van der Waals surface area contributed by atoms with E-state index in [1.807, 2.05) is 45.0 Å². The monoisotopic (exact) mass is 440 g/mol. The predicted molar refractivity (Wildman–Crippen MR) is 137 cm³/mol. The normalized spacial score (nSPS) is 12.2. The maximum Gasteiger partial charge on any atom is 0.166 e. The molecule has 33 heavy (non-hydrogen) atoms. The molecule has 2 aliphatic rings. The Bertz CT molecular complexity index is 1380. The van der Waals surface area contributed by atoms with Gasteiger partial charge in [-0.3, -0.25) is 9.79 Å². The lowest BCUT2D eigenvalue weighted by Crippen LogP contribution is -2.11. The lowest BCUT2D eigenvalue weighted by Gasteiger charge is -2.20. The van der Waals surface area contributed by atoms with E-state index >= 15 is 0 Å². The van der Waals surface area contributed by atoms with Crippen LogP contribution < -0.4 is 10.7 Å². The Morgan fingerprint density at radius 2 is 1.76 bits per heavy atom. The second-order valence-electron chi connectivity index (χ2n) is 8.84. The summed E-state index contributed by atoms with van der Waals surface area (Å²) in [6, 6.07) is 16.3. The van der Waals surface area contributed by atoms with Gasteiger partial charge in [-0.2, -0.15) is 0 Å². The highest BCUT2D eigenvalue weighted by molar-refractivity contribution is 6.10. The molecule has 0 aromatic heterocycles. The van der Waals surface area contributed by atoms with Gasteiger partial charge in [0.25, 0.3) is 0 Å². The van der Waals surface area contributed by atoms with Crippen molar-refractivity contribution in [1.82, 2.24) is 0 Å². The molecule has 0 fully saturated rings. The number of anilines is 1. The van der Waals surface area contributed by atoms with E-state index in [2.05, 4.69) is 55.3 Å². The zero-order chi connectivity index (χ0) is 23.7. The molecule has 1 N–H and O–H groups in total. The van der Waals surface area contributed by atoms with Gasteiger partial charge in [-0.15, -0.1) is 0 Å². The molecule has 0 bridgehead atoms. The van der Waals surface area contributed by atoms with Gasteiger partial charge < -0.3 is 9.73 Å². The molecular formula is C29H32N2O2. The molecule has 0 spiro atoms. The van der Waals surface area contributed by atoms with Crippen molar-refractivity contribution in [2.24, 2.45) is 10.9 Å². The molecule has 2 aromatic rings. The topological polar surface area (TPSA) is 54.6 Å². The summed E-state index contributed by atoms with van der Waals surface area (Å²) < 4.78 is 6.46. The van der Waals surface area contributed by atoms with E-state index in [1.54, 1.807) is 0 Å². The molecule has 1 aliphatic carbocycles. The SMILES string of the molecule is CC/N=c1\cc2oc3cc(NCC)c(C)cc3c(-c3ccccc3C(=O)C(C)C)c-2cc1C. The van der Waals surface area contributed by atoms with Crippen LogP contribution in [-0.4, -0.2) is 18.9 Å². The Morgan fingerprint density at radius 1 is 1.00 bits per heavy atom. The van der Waals surface area contributed by atoms with E-state index in [0.717, 1.165) is 67.7 Å². The number of aryl methyl sites for hydroxylation is 2. The van der Waals surface area contributed by atoms with Crippen LogP contribution in [0.5, 0.6) is 0 Å². The largest absolute Gasteiger partial charge is 0.456 e. The molecule has 0 atom stereocenters. The van der Waals surface area contributed by atoms with E-state index in [0.29, 0.717) is 6.54 Å². The fourth-order valence-corrected chi connectivity index (χ4v) is 4.43. The van der Waals surface area contributed by atoms with Gasteiger partial charge in [-0.1, -0.05) is 38.1 Å². The lowest BCUT2D eigenvalue weighted by atomic mass is 9.86. The third kappa shape index (κ3) is 4.18. The zero-order valence-electron chi connectivity index (χ0n) is 20.4. The minimum absolute atomic E-state index is 0.0872. The molecule has 1 aliphatic heterocycles. The van der Waals surface area contributed by atoms with Crippen LogP contribution in [0, 0.1) is 19.8 Å². The minimum Gasteiger partial charge on any atom is -0.456 e. The molecule has 0 amide bonds. The number of nitrogens with zero attached hydrogens (tertiary/aromatic N) is 1. The number of nitrogens with one attached hydrogen (secondary N) is 1. The number of Topliss-reactive ketones (excluding diaryl/α,β-unsaturated/α-hetero) is 1. The van der Waals surface area contributed by atoms with Gasteiger partial charge in [-0.25, -0.2) is 0 Å². The molecule has 4 heteroatoms. The third-order valence-corrected chi connectivity index (χ3v) is 6.07. The van der Waals surface area contributed by atoms with Crippen LogP contribution in [0.3, 0.4) is 0 Å². The molecule has 2 aromatic carbocycles. The Labute approximate surface area is 195 Å². The number of hydrogen-bond acceptors (Lipinski definition) is 4. The number of fused-ring (bicyclic) bond motifs is 2. The van der Waals surface area contributed by atoms with Crippen LogP contribution >= 0.6 is 0 Å². The van der Waals surface area contributed by atoms with Gasteiger partial charge in [0.05, 0.1) is 5.36 Å². The van der Waals surface area contributed by atoms with Gasteiger partial charge >= 0.3 is 0 Å². The number of carbonyl (C=O) groups is 1. The van der Waals surface area contributed by atoms with Crippen molar-refractivity contribution in [3.05, 3.63) is 70.6 Å². The standard InChI is InChI=1S/C29H32N2O2/c1-7-30-24-15-26-22(13-18(24)5)28(20-11-9-10-12-21(20)29(32)17(3)4)23-14-19(6)25(31-8-2)16-27(23)33-26/h9-17,30H,7-8H2,1-6H3/b31-25+. The van der Waals surface area contributed by atoms with Crippen LogP contribution in [0.15, 0.2) is 57.9 Å². The Morgan fingerprint density at radius 3 is 2.45 bits per heavy atom. The van der Waals surface area contributed by atoms with Crippen LogP contribution in [-0.2, 0) is 0 Å². The van der Waals surface area contributed by atoms with Crippen molar-refractivity contribution in [2.75, 3.05) is 18.4 Å². The summed E-state index contributed by atoms with van der Waals surface area (Å²) >= 11 is 0. The van der Waals surface area contributed by atoms with Crippen LogP contribution in [0.25, 0.3) is 33.4 Å². The maximum atomic E-state index is 13.2. The lowest BCUT2D eigenvalue weighted by molar-refractivity contribution is 0.0940. The quantitative estimate of drug-likeness (QED) is 0.259. The molecule has 1 heterocycles. The van der Waals surface area contributed by atoms with Crippen molar-refractivity contribution < 1.29 is 9.21 Å². The molecule has 0 unspecified atom stereocenters. The van der Waals surface area contributed by atoms with Gasteiger partial charge in [0, 0.05) is 58.9 Å². The Kier molecular flexibility index (Phi) is 6.37. The molecule has 4 rings (SSSR count). The minimum atomic E-state index is -0.0872. The summed E-state index contributed by atoms with van der Waals surface area (Å²) in [7, 11) is 0. The third-order valence-electron chi connectivity index (χ3n) is 6.07. The van der Waals surface area contributed by atoms with E-state index < -0.39 is 0 Å². The average molecular weight is 441 g/mol. The highest BCUT2D eigenvalue weighted by atomic mass is 16.3. The second-order valence-corrected chi connectivity index (χ2v) is 8.84. The first kappa shape index (κ1) is 22.8. The van der Waals surface area contributed by atoms with Gasteiger partial charge in [-0.05, 0) is 56.5 Å². The smallest absolute Gasteiger partial charge is 0.166 e. The average Bonchev–Trinajstić information content (AvgIpc) is 2.79. The molecular weight excluding hydrogens is 408 g/mol. The molecule has 170 valence electrons. The van der Waals surface area contributed by atoms with Crippen LogP contribution in [0.2, 0.25) is 0 Å². The number of hydrogen-bond donors (Lipinski definition) is 1. The highest BCUT2D eigenvalue weighted by Gasteiger charge is 2.23. The first-order valence-corrected chi connectivity index (χ1v) is 11.8. The molecule has 4 nitrogen and oxygen atoms in total. The van der Waals surface area contributed by atoms with Gasteiger partial charge in [0.2, 0.25) is 0 Å². The van der Waals surface area contributed by atoms with Gasteiger partial charge in [0.1, 0.15) is 11.3 Å². The number of rotatable bonds is 6. The van der Waals surface area contributed by atoms with Crippen LogP contribution in [0.1, 0.15) is 49.2 Å². The Balaban J connectivity index is 2.18. The summed E-state index contributed by atoms with van der Waals surface area (Å²) in [4.78, 5) is 17.8. The molecule has 0 saturated carbocycles. The van der Waals surface area contributed by atoms with Crippen molar-refractivity contribution in [2.45, 2.75) is 41.5 Å². The summed E-state index contributed by atoms with van der Waals surface area (Å²) in [5.41, 5.74) is 7.79. The van der Waals surface area contributed by atoms with Crippen molar-refractivity contribution in [1.29, 1.82) is 0 Å². The van der Waals surface area contributed by atoms with E-state index in [4.69, 9.17) is 4.42 Å². The fraction of sp³-hybridized carbons (Fsp3) is 0.310. The van der Waals surface area contributed by atoms with E-state index in [1.165, 1.54) is 0 Å². The van der Waals surface area contributed by atoms with Crippen molar-refractivity contribution in [3.63, 3.8) is 0 Å². The van der Waals surface area contributed by atoms with E-state index in [-0.39, 0.29) is 11.7 Å². The van der Waals surface area contributed by atoms with Crippen molar-refractivity contribution in [3.8, 4) is 22.5 Å². The van der Waals surface area contributed by atoms with Gasteiger partial charge in [0.15, 0.2) is 5.78 Å². The fourth-order valence-electron chi connectivity index (χ4n) is 4.43. The number of benzene rings is 3. The summed E-state index contributed by atoms with van der Waals surface area (Å²) in [5.74, 6) is 0.826. The molecule has 0 radical (unpaired) electrons. The zero-order valence-corrected chi connectivity index (χ0v) is 20.4. The first-order chi connectivity index (χ1) is 15.8. The number of carbonyl (C=O) groups excluding carboxylic acids is 1.